The summed E-state index contributed by atoms with van der Waals surface area (Å²) in [5, 5.41) is 0. The van der Waals surface area contributed by atoms with Crippen LogP contribution in [0, 0.1) is 12.7 Å². The molecule has 3 rings (SSSR count). The number of nitrogens with zero attached hydrogens (tertiary/aromatic N) is 1. The number of carbonyl (C=O) groups excluding carboxylic acids is 2. The van der Waals surface area contributed by atoms with E-state index in [-0.39, 0.29) is 17.6 Å². The smallest absolute Gasteiger partial charge is 0.268 e. The molecule has 2 amide bonds. The molecule has 0 bridgehead atoms. The van der Waals surface area contributed by atoms with Crippen molar-refractivity contribution >= 4 is 34.8 Å². The summed E-state index contributed by atoms with van der Waals surface area (Å²) in [4.78, 5) is 27.5. The fourth-order valence-corrected chi connectivity index (χ4v) is 3.55. The van der Waals surface area contributed by atoms with Crippen molar-refractivity contribution in [2.45, 2.75) is 13.8 Å². The van der Waals surface area contributed by atoms with E-state index in [0.29, 0.717) is 27.5 Å². The van der Waals surface area contributed by atoms with Gasteiger partial charge in [0.2, 0.25) is 0 Å². The van der Waals surface area contributed by atoms with Crippen LogP contribution in [0.1, 0.15) is 18.1 Å². The Bertz CT molecular complexity index is 843. The highest BCUT2D eigenvalue weighted by Gasteiger charge is 2.40. The summed E-state index contributed by atoms with van der Waals surface area (Å²) >= 11 is 1.34. The minimum absolute atomic E-state index is 0.319. The largest absolute Gasteiger partial charge is 0.272 e. The molecule has 1 aliphatic rings. The molecule has 24 heavy (non-hydrogen) atoms. The van der Waals surface area contributed by atoms with E-state index in [2.05, 4.69) is 0 Å². The van der Waals surface area contributed by atoms with E-state index in [9.17, 15) is 14.0 Å². The lowest BCUT2D eigenvalue weighted by molar-refractivity contribution is -0.119. The Hall–Kier alpha value is -2.40. The van der Waals surface area contributed by atoms with Crippen molar-refractivity contribution in [2.75, 3.05) is 10.7 Å². The predicted molar refractivity (Wildman–Crippen MR) is 95.1 cm³/mol. The first kappa shape index (κ1) is 16.5. The van der Waals surface area contributed by atoms with Crippen molar-refractivity contribution in [1.82, 2.24) is 0 Å². The van der Waals surface area contributed by atoms with Gasteiger partial charge in [0.05, 0.1) is 16.2 Å². The Morgan fingerprint density at radius 1 is 1.00 bits per heavy atom. The Morgan fingerprint density at radius 3 is 2.29 bits per heavy atom. The number of amides is 2. The molecule has 1 aliphatic heterocycles. The van der Waals surface area contributed by atoms with Crippen LogP contribution < -0.4 is 4.90 Å². The Morgan fingerprint density at radius 2 is 1.67 bits per heavy atom. The average Bonchev–Trinajstić information content (AvgIpc) is 2.81. The molecule has 2 aromatic carbocycles. The highest BCUT2D eigenvalue weighted by atomic mass is 32.2. The third kappa shape index (κ3) is 2.76. The van der Waals surface area contributed by atoms with Gasteiger partial charge in [0.15, 0.2) is 0 Å². The van der Waals surface area contributed by atoms with E-state index in [0.717, 1.165) is 5.56 Å². The SMILES string of the molecule is CCSC1=C(c2ccc(F)cc2)C(=O)N(c2ccccc2C)C1=O. The topological polar surface area (TPSA) is 37.4 Å². The molecule has 3 nitrogen and oxygen atoms in total. The Balaban J connectivity index is 2.12. The summed E-state index contributed by atoms with van der Waals surface area (Å²) in [7, 11) is 0. The van der Waals surface area contributed by atoms with Gasteiger partial charge in [0.1, 0.15) is 5.82 Å². The van der Waals surface area contributed by atoms with E-state index in [1.807, 2.05) is 26.0 Å². The number of hydrogen-bond acceptors (Lipinski definition) is 3. The summed E-state index contributed by atoms with van der Waals surface area (Å²) in [6, 6.07) is 12.9. The average molecular weight is 341 g/mol. The molecule has 0 unspecified atom stereocenters. The fourth-order valence-electron chi connectivity index (χ4n) is 2.69. The first-order valence-corrected chi connectivity index (χ1v) is 8.60. The number of halogens is 1. The van der Waals surface area contributed by atoms with Gasteiger partial charge in [-0.2, -0.15) is 0 Å². The maximum absolute atomic E-state index is 13.2. The number of thioether (sulfide) groups is 1. The second-order valence-corrected chi connectivity index (χ2v) is 6.65. The lowest BCUT2D eigenvalue weighted by Gasteiger charge is -2.17. The molecule has 0 fully saturated rings. The van der Waals surface area contributed by atoms with Crippen LogP contribution in [0.4, 0.5) is 10.1 Å². The third-order valence-corrected chi connectivity index (χ3v) is 4.78. The van der Waals surface area contributed by atoms with Gasteiger partial charge in [-0.15, -0.1) is 11.8 Å². The number of aryl methyl sites for hydroxylation is 1. The summed E-state index contributed by atoms with van der Waals surface area (Å²) in [6.45, 7) is 3.78. The molecule has 0 N–H and O–H groups in total. The highest BCUT2D eigenvalue weighted by Crippen LogP contribution is 2.39. The van der Waals surface area contributed by atoms with Crippen LogP contribution in [0.2, 0.25) is 0 Å². The zero-order valence-electron chi connectivity index (χ0n) is 13.4. The monoisotopic (exact) mass is 341 g/mol. The van der Waals surface area contributed by atoms with Gasteiger partial charge in [-0.25, -0.2) is 9.29 Å². The number of hydrogen-bond donors (Lipinski definition) is 0. The van der Waals surface area contributed by atoms with Crippen molar-refractivity contribution in [3.8, 4) is 0 Å². The molecule has 0 spiro atoms. The highest BCUT2D eigenvalue weighted by molar-refractivity contribution is 8.04. The molecule has 122 valence electrons. The van der Waals surface area contributed by atoms with Crippen LogP contribution in [-0.4, -0.2) is 17.6 Å². The molecular weight excluding hydrogens is 325 g/mol. The van der Waals surface area contributed by atoms with Gasteiger partial charge in [-0.1, -0.05) is 37.3 Å². The molecule has 0 aliphatic carbocycles. The molecule has 0 saturated heterocycles. The number of carbonyl (C=O) groups is 2. The molecule has 1 heterocycles. The van der Waals surface area contributed by atoms with Gasteiger partial charge in [-0.05, 0) is 42.0 Å². The predicted octanol–water partition coefficient (Wildman–Crippen LogP) is 4.17. The zero-order chi connectivity index (χ0) is 17.3. The molecule has 2 aromatic rings. The van der Waals surface area contributed by atoms with Crippen molar-refractivity contribution in [3.05, 3.63) is 70.4 Å². The number of para-hydroxylation sites is 1. The van der Waals surface area contributed by atoms with Gasteiger partial charge < -0.3 is 0 Å². The number of benzene rings is 2. The second kappa shape index (κ2) is 6.61. The van der Waals surface area contributed by atoms with E-state index < -0.39 is 0 Å². The fraction of sp³-hybridized carbons (Fsp3) is 0.158. The molecule has 0 atom stereocenters. The van der Waals surface area contributed by atoms with E-state index in [1.165, 1.54) is 40.9 Å². The van der Waals surface area contributed by atoms with Crippen LogP contribution in [0.15, 0.2) is 53.4 Å². The van der Waals surface area contributed by atoms with Gasteiger partial charge in [0.25, 0.3) is 11.8 Å². The van der Waals surface area contributed by atoms with Crippen LogP contribution in [0.3, 0.4) is 0 Å². The lowest BCUT2D eigenvalue weighted by Crippen LogP contribution is -2.31. The number of rotatable bonds is 4. The summed E-state index contributed by atoms with van der Waals surface area (Å²) < 4.78 is 13.2. The summed E-state index contributed by atoms with van der Waals surface area (Å²) in [5.41, 5.74) is 2.33. The molecule has 0 radical (unpaired) electrons. The normalized spacial score (nSPS) is 14.7. The van der Waals surface area contributed by atoms with Gasteiger partial charge >= 0.3 is 0 Å². The second-order valence-electron chi connectivity index (χ2n) is 5.38. The van der Waals surface area contributed by atoms with Crippen LogP contribution >= 0.6 is 11.8 Å². The minimum Gasteiger partial charge on any atom is -0.268 e. The Kier molecular flexibility index (Phi) is 4.53. The first-order valence-electron chi connectivity index (χ1n) is 7.62. The molecule has 0 aromatic heterocycles. The maximum Gasteiger partial charge on any atom is 0.272 e. The van der Waals surface area contributed by atoms with E-state index in [1.54, 1.807) is 12.1 Å². The molecule has 0 saturated carbocycles. The van der Waals surface area contributed by atoms with Crippen molar-refractivity contribution < 1.29 is 14.0 Å². The van der Waals surface area contributed by atoms with Crippen LogP contribution in [-0.2, 0) is 9.59 Å². The van der Waals surface area contributed by atoms with Gasteiger partial charge in [-0.3, -0.25) is 9.59 Å². The molecular formula is C19H16FNO2S. The lowest BCUT2D eigenvalue weighted by atomic mass is 10.1. The zero-order valence-corrected chi connectivity index (χ0v) is 14.2. The maximum atomic E-state index is 13.2. The van der Waals surface area contributed by atoms with E-state index >= 15 is 0 Å². The number of anilines is 1. The van der Waals surface area contributed by atoms with Crippen molar-refractivity contribution in [1.29, 1.82) is 0 Å². The van der Waals surface area contributed by atoms with Gasteiger partial charge in [0, 0.05) is 0 Å². The summed E-state index contributed by atoms with van der Waals surface area (Å²) in [6.07, 6.45) is 0. The summed E-state index contributed by atoms with van der Waals surface area (Å²) in [5.74, 6) is -0.394. The van der Waals surface area contributed by atoms with Crippen LogP contribution in [0.5, 0.6) is 0 Å². The quantitative estimate of drug-likeness (QED) is 0.783. The number of imide groups is 1. The Labute approximate surface area is 144 Å². The van der Waals surface area contributed by atoms with Crippen molar-refractivity contribution in [2.24, 2.45) is 0 Å². The standard InChI is InChI=1S/C19H16FNO2S/c1-3-24-17-16(13-8-10-14(20)11-9-13)18(22)21(19(17)23)15-7-5-4-6-12(15)2/h4-11H,3H2,1-2H3. The van der Waals surface area contributed by atoms with Crippen LogP contribution in [0.25, 0.3) is 5.57 Å². The minimum atomic E-state index is -0.378. The first-order chi connectivity index (χ1) is 11.5. The third-order valence-electron chi connectivity index (χ3n) is 3.82. The molecule has 5 heteroatoms. The van der Waals surface area contributed by atoms with E-state index in [4.69, 9.17) is 0 Å². The van der Waals surface area contributed by atoms with Crippen molar-refractivity contribution in [3.63, 3.8) is 0 Å².